The summed E-state index contributed by atoms with van der Waals surface area (Å²) >= 11 is 0. The minimum absolute atomic E-state index is 0.400. The number of hydrogen-bond acceptors (Lipinski definition) is 2. The average Bonchev–Trinajstić information content (AvgIpc) is 2.97. The zero-order valence-electron chi connectivity index (χ0n) is 15.0. The normalized spacial score (nSPS) is 20.6. The lowest BCUT2D eigenvalue weighted by atomic mass is 9.73. The Balaban J connectivity index is 2.39. The molecule has 0 amide bonds. The van der Waals surface area contributed by atoms with Crippen LogP contribution in [0.3, 0.4) is 0 Å². The van der Waals surface area contributed by atoms with E-state index in [0.717, 1.165) is 12.3 Å². The fraction of sp³-hybridized carbons (Fsp3) is 1.00. The smallest absolute Gasteiger partial charge is 0.0843 e. The molecular weight excluding hydrogens is 258 g/mol. The Hall–Kier alpha value is -0.0800. The Bertz CT molecular complexity index is 248. The van der Waals surface area contributed by atoms with Gasteiger partial charge >= 0.3 is 0 Å². The molecule has 0 radical (unpaired) electrons. The highest BCUT2D eigenvalue weighted by molar-refractivity contribution is 4.91. The summed E-state index contributed by atoms with van der Waals surface area (Å²) in [5, 5.41) is 0. The molecule has 0 spiro atoms. The van der Waals surface area contributed by atoms with Gasteiger partial charge in [-0.15, -0.1) is 0 Å². The molecule has 1 saturated carbocycles. The van der Waals surface area contributed by atoms with E-state index in [9.17, 15) is 0 Å². The summed E-state index contributed by atoms with van der Waals surface area (Å²) in [4.78, 5) is 5.87. The van der Waals surface area contributed by atoms with Crippen molar-refractivity contribution in [3.8, 4) is 0 Å². The summed E-state index contributed by atoms with van der Waals surface area (Å²) in [5.74, 6) is 0.881. The van der Waals surface area contributed by atoms with Crippen LogP contribution in [-0.2, 0) is 4.84 Å². The minimum Gasteiger partial charge on any atom is -0.298 e. The van der Waals surface area contributed by atoms with E-state index in [2.05, 4.69) is 26.3 Å². The van der Waals surface area contributed by atoms with Gasteiger partial charge in [0.15, 0.2) is 0 Å². The van der Waals surface area contributed by atoms with Crippen molar-refractivity contribution in [3.63, 3.8) is 0 Å². The predicted octanol–water partition coefficient (Wildman–Crippen LogP) is 5.86. The van der Waals surface area contributed by atoms with E-state index in [0.29, 0.717) is 11.5 Å². The van der Waals surface area contributed by atoms with Gasteiger partial charge in [-0.3, -0.25) is 4.84 Å². The van der Waals surface area contributed by atoms with Gasteiger partial charge < -0.3 is 0 Å². The molecule has 2 heteroatoms. The van der Waals surface area contributed by atoms with E-state index < -0.39 is 0 Å². The van der Waals surface area contributed by atoms with Gasteiger partial charge in [0.05, 0.1) is 6.10 Å². The molecule has 0 aliphatic heterocycles. The summed E-state index contributed by atoms with van der Waals surface area (Å²) in [6, 6.07) is 0. The van der Waals surface area contributed by atoms with Gasteiger partial charge in [-0.2, -0.15) is 0 Å². The van der Waals surface area contributed by atoms with Crippen molar-refractivity contribution in [1.82, 2.24) is 5.48 Å². The van der Waals surface area contributed by atoms with E-state index in [1.54, 1.807) is 0 Å². The Kier molecular flexibility index (Phi) is 9.59. The zero-order chi connectivity index (χ0) is 15.6. The van der Waals surface area contributed by atoms with Crippen LogP contribution in [0, 0.1) is 11.3 Å². The molecule has 2 unspecified atom stereocenters. The molecule has 21 heavy (non-hydrogen) atoms. The van der Waals surface area contributed by atoms with Crippen LogP contribution in [0.25, 0.3) is 0 Å². The van der Waals surface area contributed by atoms with Crippen molar-refractivity contribution in [2.45, 2.75) is 104 Å². The van der Waals surface area contributed by atoms with Gasteiger partial charge in [0.1, 0.15) is 0 Å². The lowest BCUT2D eigenvalue weighted by Gasteiger charge is -2.37. The van der Waals surface area contributed by atoms with Crippen molar-refractivity contribution in [1.29, 1.82) is 0 Å². The summed E-state index contributed by atoms with van der Waals surface area (Å²) in [6.45, 7) is 7.02. The molecule has 0 aromatic rings. The van der Waals surface area contributed by atoms with Crippen molar-refractivity contribution < 1.29 is 4.84 Å². The van der Waals surface area contributed by atoms with Crippen LogP contribution in [-0.4, -0.2) is 13.2 Å². The first kappa shape index (κ1) is 19.0. The number of unbranched alkanes of at least 4 members (excludes halogenated alkanes) is 3. The topological polar surface area (TPSA) is 21.3 Å². The fourth-order valence-corrected chi connectivity index (χ4v) is 4.19. The lowest BCUT2D eigenvalue weighted by Crippen LogP contribution is -2.37. The highest BCUT2D eigenvalue weighted by Gasteiger charge is 2.41. The summed E-state index contributed by atoms with van der Waals surface area (Å²) in [5.41, 5.74) is 3.41. The monoisotopic (exact) mass is 297 g/mol. The van der Waals surface area contributed by atoms with Crippen molar-refractivity contribution in [3.05, 3.63) is 0 Å². The van der Waals surface area contributed by atoms with Crippen LogP contribution < -0.4 is 5.48 Å². The maximum atomic E-state index is 5.87. The number of rotatable bonds is 12. The van der Waals surface area contributed by atoms with Crippen molar-refractivity contribution in [2.75, 3.05) is 7.05 Å². The van der Waals surface area contributed by atoms with E-state index >= 15 is 0 Å². The van der Waals surface area contributed by atoms with Crippen LogP contribution in [0.1, 0.15) is 97.8 Å². The number of hydrogen-bond donors (Lipinski definition) is 1. The minimum atomic E-state index is 0.400. The van der Waals surface area contributed by atoms with Crippen molar-refractivity contribution in [2.24, 2.45) is 11.3 Å². The summed E-state index contributed by atoms with van der Waals surface area (Å²) < 4.78 is 0. The predicted molar refractivity (Wildman–Crippen MR) is 92.3 cm³/mol. The third-order valence-corrected chi connectivity index (χ3v) is 5.60. The first-order chi connectivity index (χ1) is 10.2. The Morgan fingerprint density at radius 3 is 2.33 bits per heavy atom. The highest BCUT2D eigenvalue weighted by Crippen LogP contribution is 2.47. The lowest BCUT2D eigenvalue weighted by molar-refractivity contribution is -0.0914. The molecule has 1 aliphatic carbocycles. The molecule has 2 nitrogen and oxygen atoms in total. The van der Waals surface area contributed by atoms with Gasteiger partial charge in [0.25, 0.3) is 0 Å². The molecule has 1 N–H and O–H groups in total. The Morgan fingerprint density at radius 2 is 1.76 bits per heavy atom. The molecule has 1 fully saturated rings. The SMILES string of the molecule is CCCCCCC(C)CCC1(C(CC)ONC)CCCC1. The number of nitrogens with one attached hydrogen (secondary N) is 1. The molecule has 0 heterocycles. The second kappa shape index (κ2) is 10.6. The van der Waals surface area contributed by atoms with Gasteiger partial charge in [-0.25, -0.2) is 5.48 Å². The standard InChI is InChI=1S/C19H39NO/c1-5-7-8-9-12-17(3)13-16-19(14-10-11-15-19)18(6-2)21-20-4/h17-18,20H,5-16H2,1-4H3. The first-order valence-electron chi connectivity index (χ1n) is 9.51. The van der Waals surface area contributed by atoms with E-state index in [1.807, 2.05) is 7.05 Å². The van der Waals surface area contributed by atoms with Crippen LogP contribution in [0.2, 0.25) is 0 Å². The summed E-state index contributed by atoms with van der Waals surface area (Å²) in [7, 11) is 1.90. The molecule has 0 saturated heterocycles. The second-order valence-electron chi connectivity index (χ2n) is 7.28. The van der Waals surface area contributed by atoms with Gasteiger partial charge in [0, 0.05) is 7.05 Å². The number of hydroxylamine groups is 1. The summed E-state index contributed by atoms with van der Waals surface area (Å²) in [6.07, 6.45) is 16.8. The second-order valence-corrected chi connectivity index (χ2v) is 7.28. The van der Waals surface area contributed by atoms with Gasteiger partial charge in [-0.05, 0) is 37.0 Å². The third-order valence-electron chi connectivity index (χ3n) is 5.60. The van der Waals surface area contributed by atoms with Gasteiger partial charge in [0.2, 0.25) is 0 Å². The maximum absolute atomic E-state index is 5.87. The van der Waals surface area contributed by atoms with Gasteiger partial charge in [-0.1, -0.05) is 72.1 Å². The third kappa shape index (κ3) is 6.28. The van der Waals surface area contributed by atoms with E-state index in [1.165, 1.54) is 70.6 Å². The maximum Gasteiger partial charge on any atom is 0.0843 e. The molecule has 126 valence electrons. The van der Waals surface area contributed by atoms with Crippen LogP contribution in [0.4, 0.5) is 0 Å². The molecule has 2 atom stereocenters. The quantitative estimate of drug-likeness (QED) is 0.359. The van der Waals surface area contributed by atoms with Crippen LogP contribution >= 0.6 is 0 Å². The Labute approximate surface area is 133 Å². The first-order valence-corrected chi connectivity index (χ1v) is 9.51. The van der Waals surface area contributed by atoms with E-state index in [4.69, 9.17) is 4.84 Å². The molecule has 1 aliphatic rings. The molecule has 0 bridgehead atoms. The molecule has 0 aromatic carbocycles. The highest BCUT2D eigenvalue weighted by atomic mass is 16.7. The molecule has 0 aromatic heterocycles. The average molecular weight is 298 g/mol. The molecule has 1 rings (SSSR count). The molecular formula is C19H39NO. The van der Waals surface area contributed by atoms with Crippen LogP contribution in [0.5, 0.6) is 0 Å². The van der Waals surface area contributed by atoms with Crippen LogP contribution in [0.15, 0.2) is 0 Å². The largest absolute Gasteiger partial charge is 0.298 e. The van der Waals surface area contributed by atoms with Crippen molar-refractivity contribution >= 4 is 0 Å². The fourth-order valence-electron chi connectivity index (χ4n) is 4.19. The Morgan fingerprint density at radius 1 is 1.05 bits per heavy atom. The van der Waals surface area contributed by atoms with E-state index in [-0.39, 0.29) is 0 Å². The zero-order valence-corrected chi connectivity index (χ0v) is 15.0.